The van der Waals surface area contributed by atoms with E-state index in [4.69, 9.17) is 0 Å². The van der Waals surface area contributed by atoms with E-state index < -0.39 is 0 Å². The molecule has 2 aromatic rings. The molecule has 1 N–H and O–H groups in total. The van der Waals surface area contributed by atoms with Crippen LogP contribution in [0.3, 0.4) is 0 Å². The lowest BCUT2D eigenvalue weighted by Crippen LogP contribution is -2.42. The molecule has 0 spiro atoms. The Morgan fingerprint density at radius 3 is 3.00 bits per heavy atom. The van der Waals surface area contributed by atoms with E-state index in [2.05, 4.69) is 45.5 Å². The number of aromatic nitrogens is 1. The summed E-state index contributed by atoms with van der Waals surface area (Å²) in [5, 5.41) is 3.53. The molecule has 2 aliphatic rings. The van der Waals surface area contributed by atoms with Crippen molar-refractivity contribution in [3.63, 3.8) is 0 Å². The van der Waals surface area contributed by atoms with Gasteiger partial charge >= 0.3 is 0 Å². The SMILES string of the molecule is c1cncc(N2c3ccccc3[C@@H]3CNCC[C@H]32)c1. The standard InChI is InChI=1S/C16H17N3/c1-2-6-15-13(5-1)14-11-18-9-7-16(14)19(15)12-4-3-8-17-10-12/h1-6,8,10,14,16,18H,7,9,11H2/t14-,16+/m0/s1. The van der Waals surface area contributed by atoms with Crippen LogP contribution < -0.4 is 10.2 Å². The van der Waals surface area contributed by atoms with E-state index in [0.29, 0.717) is 12.0 Å². The predicted molar refractivity (Wildman–Crippen MR) is 76.8 cm³/mol. The number of hydrogen-bond acceptors (Lipinski definition) is 3. The second kappa shape index (κ2) is 4.35. The molecule has 2 atom stereocenters. The van der Waals surface area contributed by atoms with Gasteiger partial charge in [-0.2, -0.15) is 0 Å². The third-order valence-electron chi connectivity index (χ3n) is 4.30. The maximum Gasteiger partial charge on any atom is 0.0600 e. The number of nitrogens with one attached hydrogen (secondary N) is 1. The molecule has 19 heavy (non-hydrogen) atoms. The average Bonchev–Trinajstić information content (AvgIpc) is 2.83. The summed E-state index contributed by atoms with van der Waals surface area (Å²) in [6.45, 7) is 2.18. The molecule has 3 heteroatoms. The Bertz CT molecular complexity index is 582. The molecular formula is C16H17N3. The minimum Gasteiger partial charge on any atom is -0.336 e. The van der Waals surface area contributed by atoms with Gasteiger partial charge in [-0.1, -0.05) is 18.2 Å². The van der Waals surface area contributed by atoms with Crippen molar-refractivity contribution in [2.45, 2.75) is 18.4 Å². The Hall–Kier alpha value is -1.87. The van der Waals surface area contributed by atoms with Crippen molar-refractivity contribution in [1.82, 2.24) is 10.3 Å². The number of para-hydroxylation sites is 1. The highest BCUT2D eigenvalue weighted by Gasteiger charge is 2.40. The summed E-state index contributed by atoms with van der Waals surface area (Å²) in [5.74, 6) is 0.602. The van der Waals surface area contributed by atoms with Gasteiger partial charge in [0.05, 0.1) is 11.9 Å². The molecule has 0 saturated carbocycles. The molecule has 0 bridgehead atoms. The van der Waals surface area contributed by atoms with E-state index in [9.17, 15) is 0 Å². The van der Waals surface area contributed by atoms with Crippen molar-refractivity contribution in [2.75, 3.05) is 18.0 Å². The topological polar surface area (TPSA) is 28.2 Å². The minimum absolute atomic E-state index is 0.572. The van der Waals surface area contributed by atoms with E-state index in [1.165, 1.54) is 23.4 Å². The average molecular weight is 251 g/mol. The Kier molecular flexibility index (Phi) is 2.52. The zero-order valence-electron chi connectivity index (χ0n) is 10.8. The fraction of sp³-hybridized carbons (Fsp3) is 0.312. The molecule has 1 aromatic carbocycles. The van der Waals surface area contributed by atoms with Crippen LogP contribution in [0.15, 0.2) is 48.8 Å². The van der Waals surface area contributed by atoms with Crippen LogP contribution >= 0.6 is 0 Å². The predicted octanol–water partition coefficient (Wildman–Crippen LogP) is 2.68. The van der Waals surface area contributed by atoms with Crippen molar-refractivity contribution >= 4 is 11.4 Å². The number of fused-ring (bicyclic) bond motifs is 3. The number of hydrogen-bond donors (Lipinski definition) is 1. The second-order valence-corrected chi connectivity index (χ2v) is 5.31. The van der Waals surface area contributed by atoms with Gasteiger partial charge in [0.25, 0.3) is 0 Å². The Morgan fingerprint density at radius 1 is 1.16 bits per heavy atom. The largest absolute Gasteiger partial charge is 0.336 e. The highest BCUT2D eigenvalue weighted by atomic mass is 15.2. The normalized spacial score (nSPS) is 24.9. The number of rotatable bonds is 1. The minimum atomic E-state index is 0.572. The Balaban J connectivity index is 1.85. The monoisotopic (exact) mass is 251 g/mol. The highest BCUT2D eigenvalue weighted by Crippen LogP contribution is 2.46. The number of pyridine rings is 1. The fourth-order valence-electron chi connectivity index (χ4n) is 3.50. The van der Waals surface area contributed by atoms with Crippen LogP contribution in [0.4, 0.5) is 11.4 Å². The van der Waals surface area contributed by atoms with Gasteiger partial charge in [0.1, 0.15) is 0 Å². The lowest BCUT2D eigenvalue weighted by Gasteiger charge is -2.33. The van der Waals surface area contributed by atoms with Crippen molar-refractivity contribution in [3.05, 3.63) is 54.4 Å². The third-order valence-corrected chi connectivity index (χ3v) is 4.30. The second-order valence-electron chi connectivity index (χ2n) is 5.31. The van der Waals surface area contributed by atoms with Crippen LogP contribution in [0.1, 0.15) is 17.9 Å². The van der Waals surface area contributed by atoms with Crippen LogP contribution in [0.25, 0.3) is 0 Å². The van der Waals surface area contributed by atoms with Crippen LogP contribution in [0.5, 0.6) is 0 Å². The highest BCUT2D eigenvalue weighted by molar-refractivity contribution is 5.72. The molecule has 1 fully saturated rings. The molecule has 1 aromatic heterocycles. The first-order valence-corrected chi connectivity index (χ1v) is 6.94. The molecule has 2 aliphatic heterocycles. The van der Waals surface area contributed by atoms with Gasteiger partial charge in [0, 0.05) is 30.4 Å². The van der Waals surface area contributed by atoms with Gasteiger partial charge in [-0.25, -0.2) is 0 Å². The van der Waals surface area contributed by atoms with Gasteiger partial charge in [-0.3, -0.25) is 4.98 Å². The van der Waals surface area contributed by atoms with Gasteiger partial charge in [0.2, 0.25) is 0 Å². The molecule has 4 rings (SSSR count). The van der Waals surface area contributed by atoms with Crippen LogP contribution in [-0.4, -0.2) is 24.1 Å². The summed E-state index contributed by atoms with van der Waals surface area (Å²) < 4.78 is 0. The molecule has 1 saturated heterocycles. The van der Waals surface area contributed by atoms with Gasteiger partial charge in [-0.05, 0) is 36.7 Å². The molecule has 3 heterocycles. The summed E-state index contributed by atoms with van der Waals surface area (Å²) in [6.07, 6.45) is 5.00. The molecule has 0 radical (unpaired) electrons. The molecule has 0 aliphatic carbocycles. The molecule has 96 valence electrons. The first-order chi connectivity index (χ1) is 9.45. The van der Waals surface area contributed by atoms with Gasteiger partial charge in [-0.15, -0.1) is 0 Å². The summed E-state index contributed by atoms with van der Waals surface area (Å²) in [5.41, 5.74) is 4.04. The van der Waals surface area contributed by atoms with Crippen molar-refractivity contribution < 1.29 is 0 Å². The smallest absolute Gasteiger partial charge is 0.0600 e. The molecule has 0 unspecified atom stereocenters. The molecule has 0 amide bonds. The fourth-order valence-corrected chi connectivity index (χ4v) is 3.50. The maximum absolute atomic E-state index is 4.28. The van der Waals surface area contributed by atoms with E-state index in [1.54, 1.807) is 0 Å². The molecule has 3 nitrogen and oxygen atoms in total. The molecular weight excluding hydrogens is 234 g/mol. The lowest BCUT2D eigenvalue weighted by atomic mass is 9.90. The number of benzene rings is 1. The van der Waals surface area contributed by atoms with E-state index >= 15 is 0 Å². The number of piperidine rings is 1. The number of nitrogens with zero attached hydrogens (tertiary/aromatic N) is 2. The first-order valence-electron chi connectivity index (χ1n) is 6.94. The van der Waals surface area contributed by atoms with E-state index in [1.807, 2.05) is 18.5 Å². The van der Waals surface area contributed by atoms with Crippen LogP contribution in [-0.2, 0) is 0 Å². The van der Waals surface area contributed by atoms with E-state index in [0.717, 1.165) is 13.1 Å². The quantitative estimate of drug-likeness (QED) is 0.844. The summed E-state index contributed by atoms with van der Waals surface area (Å²) in [7, 11) is 0. The summed E-state index contributed by atoms with van der Waals surface area (Å²) >= 11 is 0. The number of anilines is 2. The summed E-state index contributed by atoms with van der Waals surface area (Å²) in [4.78, 5) is 6.76. The van der Waals surface area contributed by atoms with E-state index in [-0.39, 0.29) is 0 Å². The van der Waals surface area contributed by atoms with Gasteiger partial charge < -0.3 is 10.2 Å². The van der Waals surface area contributed by atoms with Gasteiger partial charge in [0.15, 0.2) is 0 Å². The maximum atomic E-state index is 4.28. The lowest BCUT2D eigenvalue weighted by molar-refractivity contribution is 0.419. The summed E-state index contributed by atoms with van der Waals surface area (Å²) in [6, 6.07) is 13.5. The zero-order valence-corrected chi connectivity index (χ0v) is 10.8. The van der Waals surface area contributed by atoms with Crippen molar-refractivity contribution in [3.8, 4) is 0 Å². The Labute approximate surface area is 113 Å². The zero-order chi connectivity index (χ0) is 12.7. The van der Waals surface area contributed by atoms with Crippen LogP contribution in [0, 0.1) is 0 Å². The van der Waals surface area contributed by atoms with Crippen molar-refractivity contribution in [1.29, 1.82) is 0 Å². The Morgan fingerprint density at radius 2 is 2.11 bits per heavy atom. The van der Waals surface area contributed by atoms with Crippen molar-refractivity contribution in [2.24, 2.45) is 0 Å². The third kappa shape index (κ3) is 1.65. The van der Waals surface area contributed by atoms with Crippen LogP contribution in [0.2, 0.25) is 0 Å². The first kappa shape index (κ1) is 11.0.